The van der Waals surface area contributed by atoms with E-state index in [0.29, 0.717) is 5.56 Å². The molecular weight excluding hydrogens is 212 g/mol. The first kappa shape index (κ1) is 11.4. The lowest BCUT2D eigenvalue weighted by molar-refractivity contribution is 0.0953. The zero-order valence-electron chi connectivity index (χ0n) is 9.60. The lowest BCUT2D eigenvalue weighted by atomic mass is 9.99. The van der Waals surface area contributed by atoms with E-state index in [-0.39, 0.29) is 5.91 Å². The Morgan fingerprint density at radius 3 is 2.29 bits per heavy atom. The molecule has 0 bridgehead atoms. The molecular formula is C14H14N2O. The van der Waals surface area contributed by atoms with E-state index in [2.05, 4.69) is 24.5 Å². The Kier molecular flexibility index (Phi) is 3.21. The van der Waals surface area contributed by atoms with Crippen molar-refractivity contribution in [3.63, 3.8) is 0 Å². The quantitative estimate of drug-likeness (QED) is 0.469. The molecule has 0 aliphatic rings. The second-order valence-corrected chi connectivity index (χ2v) is 3.87. The van der Waals surface area contributed by atoms with Crippen LogP contribution in [0.15, 0.2) is 48.5 Å². The normalized spacial score (nSPS) is 10.0. The summed E-state index contributed by atoms with van der Waals surface area (Å²) in [5.41, 5.74) is 6.15. The van der Waals surface area contributed by atoms with E-state index >= 15 is 0 Å². The van der Waals surface area contributed by atoms with Gasteiger partial charge >= 0.3 is 0 Å². The number of nitrogens with two attached hydrogens (primary N) is 1. The van der Waals surface area contributed by atoms with Crippen LogP contribution in [0.4, 0.5) is 0 Å². The molecule has 0 spiro atoms. The smallest absolute Gasteiger partial charge is 0.265 e. The Hall–Kier alpha value is -2.13. The molecule has 0 saturated carbocycles. The van der Waals surface area contributed by atoms with Gasteiger partial charge < -0.3 is 0 Å². The number of aryl methyl sites for hydroxylation is 1. The van der Waals surface area contributed by atoms with Gasteiger partial charge in [0.2, 0.25) is 0 Å². The highest BCUT2D eigenvalue weighted by molar-refractivity contribution is 5.94. The SMILES string of the molecule is Cc1ccccc1-c1ccc(C(=O)NN)cc1. The van der Waals surface area contributed by atoms with Gasteiger partial charge in [-0.3, -0.25) is 10.2 Å². The molecule has 2 aromatic rings. The second-order valence-electron chi connectivity index (χ2n) is 3.87. The minimum atomic E-state index is -0.277. The van der Waals surface area contributed by atoms with Crippen molar-refractivity contribution in [2.75, 3.05) is 0 Å². The van der Waals surface area contributed by atoms with Gasteiger partial charge in [-0.1, -0.05) is 36.4 Å². The van der Waals surface area contributed by atoms with Crippen molar-refractivity contribution >= 4 is 5.91 Å². The molecule has 2 rings (SSSR count). The third kappa shape index (κ3) is 2.34. The van der Waals surface area contributed by atoms with Gasteiger partial charge in [-0.2, -0.15) is 0 Å². The maximum Gasteiger partial charge on any atom is 0.265 e. The van der Waals surface area contributed by atoms with E-state index in [1.165, 1.54) is 11.1 Å². The van der Waals surface area contributed by atoms with E-state index < -0.39 is 0 Å². The third-order valence-corrected chi connectivity index (χ3v) is 2.73. The van der Waals surface area contributed by atoms with E-state index in [4.69, 9.17) is 5.84 Å². The number of hydrogen-bond donors (Lipinski definition) is 2. The molecule has 0 radical (unpaired) electrons. The number of nitrogens with one attached hydrogen (secondary N) is 1. The molecule has 0 saturated heterocycles. The first-order valence-corrected chi connectivity index (χ1v) is 5.39. The molecule has 0 aromatic heterocycles. The lowest BCUT2D eigenvalue weighted by Gasteiger charge is -2.06. The van der Waals surface area contributed by atoms with Crippen molar-refractivity contribution in [2.45, 2.75) is 6.92 Å². The molecule has 0 fully saturated rings. The van der Waals surface area contributed by atoms with Gasteiger partial charge in [0.05, 0.1) is 0 Å². The number of nitrogen functional groups attached to an aromatic ring is 1. The standard InChI is InChI=1S/C14H14N2O/c1-10-4-2-3-5-13(10)11-6-8-12(9-7-11)14(17)16-15/h2-9H,15H2,1H3,(H,16,17). The summed E-state index contributed by atoms with van der Waals surface area (Å²) in [7, 11) is 0. The minimum absolute atomic E-state index is 0.277. The predicted octanol–water partition coefficient (Wildman–Crippen LogP) is 2.27. The fraction of sp³-hybridized carbons (Fsp3) is 0.0714. The summed E-state index contributed by atoms with van der Waals surface area (Å²) >= 11 is 0. The van der Waals surface area contributed by atoms with Crippen LogP contribution in [0.1, 0.15) is 15.9 Å². The molecule has 1 amide bonds. The number of carbonyl (C=O) groups is 1. The molecule has 0 heterocycles. The van der Waals surface area contributed by atoms with Gasteiger partial charge in [-0.25, -0.2) is 5.84 Å². The van der Waals surface area contributed by atoms with Gasteiger partial charge in [-0.15, -0.1) is 0 Å². The molecule has 0 atom stereocenters. The van der Waals surface area contributed by atoms with Gasteiger partial charge in [0.1, 0.15) is 0 Å². The highest BCUT2D eigenvalue weighted by Crippen LogP contribution is 2.23. The van der Waals surface area contributed by atoms with E-state index in [0.717, 1.165) is 5.56 Å². The van der Waals surface area contributed by atoms with Crippen LogP contribution in [0.25, 0.3) is 11.1 Å². The molecule has 3 heteroatoms. The first-order valence-electron chi connectivity index (χ1n) is 5.39. The summed E-state index contributed by atoms with van der Waals surface area (Å²) in [5, 5.41) is 0. The number of hydrazine groups is 1. The number of carbonyl (C=O) groups excluding carboxylic acids is 1. The van der Waals surface area contributed by atoms with Crippen molar-refractivity contribution in [3.8, 4) is 11.1 Å². The van der Waals surface area contributed by atoms with Crippen molar-refractivity contribution < 1.29 is 4.79 Å². The molecule has 3 nitrogen and oxygen atoms in total. The van der Waals surface area contributed by atoms with Crippen molar-refractivity contribution in [2.24, 2.45) is 5.84 Å². The first-order chi connectivity index (χ1) is 8.22. The molecule has 17 heavy (non-hydrogen) atoms. The number of hydrogen-bond acceptors (Lipinski definition) is 2. The second kappa shape index (κ2) is 4.80. The highest BCUT2D eigenvalue weighted by atomic mass is 16.2. The lowest BCUT2D eigenvalue weighted by Crippen LogP contribution is -2.29. The van der Waals surface area contributed by atoms with Crippen LogP contribution in [0.3, 0.4) is 0 Å². The van der Waals surface area contributed by atoms with Gasteiger partial charge in [-0.05, 0) is 35.7 Å². The largest absolute Gasteiger partial charge is 0.290 e. The Morgan fingerprint density at radius 1 is 1.06 bits per heavy atom. The molecule has 2 aromatic carbocycles. The Morgan fingerprint density at radius 2 is 1.71 bits per heavy atom. The summed E-state index contributed by atoms with van der Waals surface area (Å²) in [6, 6.07) is 15.5. The Balaban J connectivity index is 2.36. The van der Waals surface area contributed by atoms with Crippen LogP contribution in [-0.2, 0) is 0 Å². The summed E-state index contributed by atoms with van der Waals surface area (Å²) in [5.74, 6) is 4.80. The van der Waals surface area contributed by atoms with Gasteiger partial charge in [0.25, 0.3) is 5.91 Å². The van der Waals surface area contributed by atoms with E-state index in [1.54, 1.807) is 12.1 Å². The zero-order valence-corrected chi connectivity index (χ0v) is 9.60. The van der Waals surface area contributed by atoms with Gasteiger partial charge in [0.15, 0.2) is 0 Å². The van der Waals surface area contributed by atoms with Crippen molar-refractivity contribution in [1.29, 1.82) is 0 Å². The maximum atomic E-state index is 11.3. The Bertz CT molecular complexity index is 532. The summed E-state index contributed by atoms with van der Waals surface area (Å²) in [4.78, 5) is 11.3. The van der Waals surface area contributed by atoms with Crippen molar-refractivity contribution in [1.82, 2.24) is 5.43 Å². The van der Waals surface area contributed by atoms with Crippen LogP contribution < -0.4 is 11.3 Å². The molecule has 3 N–H and O–H groups in total. The zero-order chi connectivity index (χ0) is 12.3. The van der Waals surface area contributed by atoms with Crippen LogP contribution in [-0.4, -0.2) is 5.91 Å². The molecule has 86 valence electrons. The third-order valence-electron chi connectivity index (χ3n) is 2.73. The average Bonchev–Trinajstić information content (AvgIpc) is 2.39. The topological polar surface area (TPSA) is 55.1 Å². The molecule has 0 unspecified atom stereocenters. The fourth-order valence-corrected chi connectivity index (χ4v) is 1.78. The van der Waals surface area contributed by atoms with Crippen molar-refractivity contribution in [3.05, 3.63) is 59.7 Å². The number of rotatable bonds is 2. The fourth-order valence-electron chi connectivity index (χ4n) is 1.78. The number of benzene rings is 2. The number of amides is 1. The maximum absolute atomic E-state index is 11.3. The van der Waals surface area contributed by atoms with Gasteiger partial charge in [0, 0.05) is 5.56 Å². The minimum Gasteiger partial charge on any atom is -0.290 e. The Labute approximate surface area is 100 Å². The van der Waals surface area contributed by atoms with Crippen LogP contribution in [0.5, 0.6) is 0 Å². The van der Waals surface area contributed by atoms with Crippen LogP contribution in [0.2, 0.25) is 0 Å². The monoisotopic (exact) mass is 226 g/mol. The summed E-state index contributed by atoms with van der Waals surface area (Å²) < 4.78 is 0. The van der Waals surface area contributed by atoms with Crippen LogP contribution in [0, 0.1) is 6.92 Å². The average molecular weight is 226 g/mol. The summed E-state index contributed by atoms with van der Waals surface area (Å²) in [6.45, 7) is 2.07. The highest BCUT2D eigenvalue weighted by Gasteiger charge is 2.04. The van der Waals surface area contributed by atoms with E-state index in [9.17, 15) is 4.79 Å². The van der Waals surface area contributed by atoms with Crippen LogP contribution >= 0.6 is 0 Å². The predicted molar refractivity (Wildman–Crippen MR) is 68.3 cm³/mol. The summed E-state index contributed by atoms with van der Waals surface area (Å²) in [6.07, 6.45) is 0. The molecule has 0 aliphatic carbocycles. The van der Waals surface area contributed by atoms with E-state index in [1.807, 2.05) is 24.3 Å². The molecule has 0 aliphatic heterocycles.